The second-order valence-corrected chi connectivity index (χ2v) is 5.13. The van der Waals surface area contributed by atoms with Gasteiger partial charge in [0.25, 0.3) is 0 Å². The summed E-state index contributed by atoms with van der Waals surface area (Å²) in [7, 11) is 0. The van der Waals surface area contributed by atoms with E-state index in [0.717, 1.165) is 25.9 Å². The summed E-state index contributed by atoms with van der Waals surface area (Å²) in [5, 5.41) is 2.98. The number of thiocarbonyl (C=S) groups is 1. The Hall–Kier alpha value is -0.720. The van der Waals surface area contributed by atoms with Crippen molar-refractivity contribution in [1.29, 1.82) is 0 Å². The highest BCUT2D eigenvalue weighted by Gasteiger charge is 2.25. The van der Waals surface area contributed by atoms with Gasteiger partial charge in [-0.15, -0.1) is 0 Å². The lowest BCUT2D eigenvalue weighted by molar-refractivity contribution is -0.121. The SMILES string of the molecule is NC(=S)C1CN(CCC(=O)NC2CC2)CCO1. The van der Waals surface area contributed by atoms with E-state index in [1.165, 1.54) is 0 Å². The molecule has 96 valence electrons. The molecule has 5 nitrogen and oxygen atoms in total. The Balaban J connectivity index is 1.67. The fourth-order valence-corrected chi connectivity index (χ4v) is 2.01. The van der Waals surface area contributed by atoms with E-state index in [1.54, 1.807) is 0 Å². The van der Waals surface area contributed by atoms with Crippen LogP contribution in [-0.4, -0.2) is 54.2 Å². The van der Waals surface area contributed by atoms with Gasteiger partial charge in [0, 0.05) is 32.1 Å². The molecule has 1 aliphatic heterocycles. The van der Waals surface area contributed by atoms with E-state index in [9.17, 15) is 4.79 Å². The maximum Gasteiger partial charge on any atom is 0.221 e. The number of carbonyl (C=O) groups is 1. The molecule has 1 saturated heterocycles. The molecule has 0 aromatic heterocycles. The number of morpholine rings is 1. The van der Waals surface area contributed by atoms with Crippen LogP contribution in [0.25, 0.3) is 0 Å². The predicted octanol–water partition coefficient (Wildman–Crippen LogP) is -0.358. The third-order valence-electron chi connectivity index (χ3n) is 3.07. The van der Waals surface area contributed by atoms with Crippen LogP contribution in [0.1, 0.15) is 19.3 Å². The molecule has 17 heavy (non-hydrogen) atoms. The lowest BCUT2D eigenvalue weighted by atomic mass is 10.2. The highest BCUT2D eigenvalue weighted by molar-refractivity contribution is 7.80. The first-order valence-corrected chi connectivity index (χ1v) is 6.48. The number of carbonyl (C=O) groups excluding carboxylic acids is 1. The number of rotatable bonds is 5. The van der Waals surface area contributed by atoms with Crippen LogP contribution in [0, 0.1) is 0 Å². The molecular weight excluding hydrogens is 238 g/mol. The van der Waals surface area contributed by atoms with Crippen LogP contribution < -0.4 is 11.1 Å². The zero-order valence-electron chi connectivity index (χ0n) is 9.85. The van der Waals surface area contributed by atoms with E-state index < -0.39 is 0 Å². The lowest BCUT2D eigenvalue weighted by Crippen LogP contribution is -2.48. The van der Waals surface area contributed by atoms with Gasteiger partial charge in [-0.2, -0.15) is 0 Å². The van der Waals surface area contributed by atoms with Gasteiger partial charge in [-0.25, -0.2) is 0 Å². The number of amides is 1. The molecule has 0 bridgehead atoms. The molecule has 1 heterocycles. The Morgan fingerprint density at radius 3 is 2.94 bits per heavy atom. The third kappa shape index (κ3) is 4.22. The second kappa shape index (κ2) is 5.75. The Morgan fingerprint density at radius 2 is 2.29 bits per heavy atom. The minimum absolute atomic E-state index is 0.144. The lowest BCUT2D eigenvalue weighted by Gasteiger charge is -2.32. The summed E-state index contributed by atoms with van der Waals surface area (Å²) in [6, 6.07) is 0.441. The van der Waals surface area contributed by atoms with E-state index in [-0.39, 0.29) is 12.0 Å². The van der Waals surface area contributed by atoms with Gasteiger partial charge >= 0.3 is 0 Å². The maximum atomic E-state index is 11.5. The fourth-order valence-electron chi connectivity index (χ4n) is 1.86. The van der Waals surface area contributed by atoms with E-state index in [4.69, 9.17) is 22.7 Å². The summed E-state index contributed by atoms with van der Waals surface area (Å²) in [5.41, 5.74) is 5.56. The van der Waals surface area contributed by atoms with E-state index in [1.807, 2.05) is 0 Å². The molecule has 1 aliphatic carbocycles. The minimum Gasteiger partial charge on any atom is -0.391 e. The highest BCUT2D eigenvalue weighted by atomic mass is 32.1. The molecular formula is C11H19N3O2S. The molecule has 0 aromatic carbocycles. The number of hydrogen-bond donors (Lipinski definition) is 2. The van der Waals surface area contributed by atoms with Crippen molar-refractivity contribution in [2.24, 2.45) is 5.73 Å². The van der Waals surface area contributed by atoms with Crippen LogP contribution in [0.2, 0.25) is 0 Å². The van der Waals surface area contributed by atoms with Crippen LogP contribution in [0.5, 0.6) is 0 Å². The van der Waals surface area contributed by atoms with Gasteiger partial charge in [0.15, 0.2) is 0 Å². The van der Waals surface area contributed by atoms with E-state index >= 15 is 0 Å². The van der Waals surface area contributed by atoms with Crippen molar-refractivity contribution in [1.82, 2.24) is 10.2 Å². The van der Waals surface area contributed by atoms with Crippen molar-refractivity contribution in [2.75, 3.05) is 26.2 Å². The molecule has 0 spiro atoms. The molecule has 1 unspecified atom stereocenters. The van der Waals surface area contributed by atoms with Gasteiger partial charge in [-0.05, 0) is 12.8 Å². The zero-order valence-corrected chi connectivity index (χ0v) is 10.7. The largest absolute Gasteiger partial charge is 0.391 e. The summed E-state index contributed by atoms with van der Waals surface area (Å²) in [6.07, 6.45) is 2.64. The molecule has 1 saturated carbocycles. The van der Waals surface area contributed by atoms with Crippen LogP contribution in [0.3, 0.4) is 0 Å². The zero-order chi connectivity index (χ0) is 12.3. The molecule has 1 atom stereocenters. The van der Waals surface area contributed by atoms with Crippen molar-refractivity contribution >= 4 is 23.1 Å². The Labute approximate surface area is 107 Å². The Bertz CT molecular complexity index is 307. The smallest absolute Gasteiger partial charge is 0.221 e. The quantitative estimate of drug-likeness (QED) is 0.659. The van der Waals surface area contributed by atoms with E-state index in [0.29, 0.717) is 30.6 Å². The fraction of sp³-hybridized carbons (Fsp3) is 0.818. The molecule has 6 heteroatoms. The normalized spacial score (nSPS) is 25.5. The maximum absolute atomic E-state index is 11.5. The third-order valence-corrected chi connectivity index (χ3v) is 3.33. The van der Waals surface area contributed by atoms with Crippen LogP contribution in [0.15, 0.2) is 0 Å². The van der Waals surface area contributed by atoms with Gasteiger partial charge in [-0.1, -0.05) is 12.2 Å². The van der Waals surface area contributed by atoms with Crippen molar-refractivity contribution in [3.63, 3.8) is 0 Å². The molecule has 0 radical (unpaired) electrons. The first-order chi connectivity index (χ1) is 8.15. The summed E-state index contributed by atoms with van der Waals surface area (Å²) >= 11 is 4.92. The Kier molecular flexibility index (Phi) is 4.31. The van der Waals surface area contributed by atoms with Crippen LogP contribution in [0.4, 0.5) is 0 Å². The first-order valence-electron chi connectivity index (χ1n) is 6.08. The standard InChI is InChI=1S/C11H19N3O2S/c12-11(17)9-7-14(5-6-16-9)4-3-10(15)13-8-1-2-8/h8-9H,1-7H2,(H2,12,17)(H,13,15). The second-order valence-electron chi connectivity index (χ2n) is 4.65. The number of ether oxygens (including phenoxy) is 1. The van der Waals surface area contributed by atoms with Gasteiger partial charge < -0.3 is 15.8 Å². The first kappa shape index (κ1) is 12.7. The van der Waals surface area contributed by atoms with Crippen molar-refractivity contribution in [2.45, 2.75) is 31.4 Å². The average Bonchev–Trinajstić information content (AvgIpc) is 3.11. The number of hydrogen-bond acceptors (Lipinski definition) is 4. The number of nitrogens with two attached hydrogens (primary N) is 1. The van der Waals surface area contributed by atoms with Crippen LogP contribution >= 0.6 is 12.2 Å². The summed E-state index contributed by atoms with van der Waals surface area (Å²) in [5.74, 6) is 0.144. The molecule has 2 aliphatic rings. The summed E-state index contributed by atoms with van der Waals surface area (Å²) in [4.78, 5) is 14.1. The van der Waals surface area contributed by atoms with Gasteiger partial charge in [0.2, 0.25) is 5.91 Å². The molecule has 3 N–H and O–H groups in total. The van der Waals surface area contributed by atoms with E-state index in [2.05, 4.69) is 10.2 Å². The van der Waals surface area contributed by atoms with Gasteiger partial charge in [-0.3, -0.25) is 9.69 Å². The Morgan fingerprint density at radius 1 is 1.53 bits per heavy atom. The average molecular weight is 257 g/mol. The van der Waals surface area contributed by atoms with Crippen molar-refractivity contribution in [3.8, 4) is 0 Å². The monoisotopic (exact) mass is 257 g/mol. The highest BCUT2D eigenvalue weighted by Crippen LogP contribution is 2.18. The predicted molar refractivity (Wildman–Crippen MR) is 68.7 cm³/mol. The van der Waals surface area contributed by atoms with Gasteiger partial charge in [0.1, 0.15) is 11.1 Å². The minimum atomic E-state index is -0.162. The molecule has 1 amide bonds. The topological polar surface area (TPSA) is 67.6 Å². The molecule has 2 fully saturated rings. The number of nitrogens with zero attached hydrogens (tertiary/aromatic N) is 1. The summed E-state index contributed by atoms with van der Waals surface area (Å²) in [6.45, 7) is 2.93. The van der Waals surface area contributed by atoms with Crippen molar-refractivity contribution < 1.29 is 9.53 Å². The van der Waals surface area contributed by atoms with Gasteiger partial charge in [0.05, 0.1) is 6.61 Å². The number of nitrogens with one attached hydrogen (secondary N) is 1. The van der Waals surface area contributed by atoms with Crippen LogP contribution in [-0.2, 0) is 9.53 Å². The van der Waals surface area contributed by atoms with Crippen molar-refractivity contribution in [3.05, 3.63) is 0 Å². The summed E-state index contributed by atoms with van der Waals surface area (Å²) < 4.78 is 5.44. The molecule has 2 rings (SSSR count). The molecule has 0 aromatic rings.